The number of thioether (sulfide) groups is 1. The van der Waals surface area contributed by atoms with Crippen molar-refractivity contribution in [1.82, 2.24) is 10.6 Å². The zero-order valence-corrected chi connectivity index (χ0v) is 31.6. The van der Waals surface area contributed by atoms with Crippen molar-refractivity contribution in [1.29, 1.82) is 0 Å². The smallest absolute Gasteiger partial charge is 0.336 e. The zero-order valence-electron chi connectivity index (χ0n) is 30.7. The number of ether oxygens (including phenoxy) is 4. The van der Waals surface area contributed by atoms with E-state index in [4.69, 9.17) is 18.9 Å². The first-order valence-corrected chi connectivity index (χ1v) is 20.5. The van der Waals surface area contributed by atoms with Crippen molar-refractivity contribution in [3.8, 4) is 0 Å². The van der Waals surface area contributed by atoms with Crippen molar-refractivity contribution in [2.75, 3.05) is 19.5 Å². The van der Waals surface area contributed by atoms with Crippen LogP contribution in [0.15, 0.2) is 11.1 Å². The molecule has 0 aromatic heterocycles. The van der Waals surface area contributed by atoms with Crippen LogP contribution in [0.3, 0.4) is 0 Å². The molecule has 12 heteroatoms. The normalized spacial score (nSPS) is 47.3. The van der Waals surface area contributed by atoms with Gasteiger partial charge in [-0.2, -0.15) is 11.8 Å². The minimum atomic E-state index is -0.855. The number of carbonyl (C=O) groups excluding carboxylic acids is 4. The summed E-state index contributed by atoms with van der Waals surface area (Å²) in [6.45, 7) is 8.43. The highest BCUT2D eigenvalue weighted by atomic mass is 32.2. The lowest BCUT2D eigenvalue weighted by Gasteiger charge is -2.59. The molecule has 8 rings (SSSR count). The van der Waals surface area contributed by atoms with Crippen molar-refractivity contribution in [3.63, 3.8) is 0 Å². The van der Waals surface area contributed by atoms with Crippen LogP contribution in [0.2, 0.25) is 0 Å². The maximum Gasteiger partial charge on any atom is 0.336 e. The first-order chi connectivity index (χ1) is 24.4. The van der Waals surface area contributed by atoms with Gasteiger partial charge in [0.1, 0.15) is 23.6 Å². The number of aliphatic hydroxyl groups is 1. The average Bonchev–Trinajstić information content (AvgIpc) is 3.30. The molecule has 0 unspecified atom stereocenters. The summed E-state index contributed by atoms with van der Waals surface area (Å²) >= 11 is 1.88. The van der Waals surface area contributed by atoms with Crippen molar-refractivity contribution in [2.45, 2.75) is 146 Å². The highest BCUT2D eigenvalue weighted by Crippen LogP contribution is 2.74. The molecule has 2 amide bonds. The molecule has 4 heterocycles. The standard InChI is InChI=1S/C39H56N2O9S/c1-19-14-27(48-35(45)22(19)17-42)20(2)23-10-11-24-21-15-31-39(50-31)34(28(47-5)16-30(43)38(39,4)25(21)12-13-37(23,24)3)49-32(44)9-7-6-8-29-33-26(18-51-29)40-36(46)41-33/h20-21,23-29,31,33-34,42H,6-18H2,1-5H3,(H2,40,41,46)/t20-,21-,23+,24-,25-,26-,27+,28-,29-,31+,33-,34-,37+,38-,39-/m0/s1. The largest absolute Gasteiger partial charge is 0.458 e. The minimum absolute atomic E-state index is 0.0591. The Labute approximate surface area is 305 Å². The van der Waals surface area contributed by atoms with Gasteiger partial charge in [0.05, 0.1) is 35.8 Å². The van der Waals surface area contributed by atoms with Crippen LogP contribution in [0, 0.1) is 40.4 Å². The molecule has 4 aliphatic carbocycles. The Morgan fingerprint density at radius 3 is 2.65 bits per heavy atom. The van der Waals surface area contributed by atoms with Crippen LogP contribution in [-0.4, -0.2) is 95.7 Å². The Hall–Kier alpha value is -2.15. The molecule has 0 bridgehead atoms. The number of urea groups is 1. The van der Waals surface area contributed by atoms with Gasteiger partial charge in [-0.1, -0.05) is 25.8 Å². The number of aliphatic hydroxyl groups excluding tert-OH is 1. The number of hydrogen-bond donors (Lipinski definition) is 3. The SMILES string of the molecule is CO[C@H]1CC(=O)[C@]2(C)[C@H]3CC[C@]4(C)[C@@H]([C@H](C)[C@H]5CC(C)=C(CO)C(=O)O5)CC[C@H]4[C@@H]3C[C@H]3O[C@]32[C@H]1OC(=O)CCCC[C@@H]1SC[C@@H]2NC(=O)N[C@@H]21. The first-order valence-electron chi connectivity index (χ1n) is 19.5. The van der Waals surface area contributed by atoms with E-state index in [1.807, 2.05) is 18.7 Å². The molecule has 8 aliphatic rings. The van der Waals surface area contributed by atoms with E-state index < -0.39 is 23.2 Å². The summed E-state index contributed by atoms with van der Waals surface area (Å²) < 4.78 is 24.9. The number of ketones is 1. The molecule has 3 N–H and O–H groups in total. The fourth-order valence-electron chi connectivity index (χ4n) is 12.8. The van der Waals surface area contributed by atoms with E-state index in [0.29, 0.717) is 47.8 Å². The van der Waals surface area contributed by atoms with E-state index in [0.717, 1.165) is 56.3 Å². The van der Waals surface area contributed by atoms with Gasteiger partial charge in [-0.15, -0.1) is 0 Å². The number of esters is 2. The number of unbranched alkanes of at least 4 members (excludes halogenated alkanes) is 1. The van der Waals surface area contributed by atoms with Crippen molar-refractivity contribution >= 4 is 35.5 Å². The van der Waals surface area contributed by atoms with E-state index in [2.05, 4.69) is 31.4 Å². The monoisotopic (exact) mass is 728 g/mol. The third-order valence-corrected chi connectivity index (χ3v) is 17.1. The fraction of sp³-hybridized carbons (Fsp3) is 0.846. The van der Waals surface area contributed by atoms with Crippen LogP contribution >= 0.6 is 11.8 Å². The second-order valence-electron chi connectivity index (χ2n) is 17.5. The number of carbonyl (C=O) groups is 4. The van der Waals surface area contributed by atoms with Crippen LogP contribution in [-0.2, 0) is 33.3 Å². The summed E-state index contributed by atoms with van der Waals surface area (Å²) in [7, 11) is 1.60. The van der Waals surface area contributed by atoms with Crippen LogP contribution in [0.4, 0.5) is 4.79 Å². The molecule has 51 heavy (non-hydrogen) atoms. The van der Waals surface area contributed by atoms with Crippen LogP contribution in [0.25, 0.3) is 0 Å². The highest BCUT2D eigenvalue weighted by molar-refractivity contribution is 8.00. The molecular formula is C39H56N2O9S. The van der Waals surface area contributed by atoms with Crippen LogP contribution in [0.1, 0.15) is 98.3 Å². The number of methoxy groups -OCH3 is 1. The fourth-order valence-corrected chi connectivity index (χ4v) is 14.4. The molecule has 0 aromatic rings. The third-order valence-electron chi connectivity index (χ3n) is 15.6. The summed E-state index contributed by atoms with van der Waals surface area (Å²) in [6.07, 6.45) is 7.07. The van der Waals surface area contributed by atoms with E-state index in [9.17, 15) is 24.3 Å². The maximum absolute atomic E-state index is 14.3. The van der Waals surface area contributed by atoms with E-state index in [1.165, 1.54) is 0 Å². The van der Waals surface area contributed by atoms with Gasteiger partial charge < -0.3 is 34.7 Å². The van der Waals surface area contributed by atoms with Gasteiger partial charge in [-0.25, -0.2) is 9.59 Å². The minimum Gasteiger partial charge on any atom is -0.458 e. The van der Waals surface area contributed by atoms with Crippen LogP contribution in [0.5, 0.6) is 0 Å². The number of Topliss-reactive ketones (excluding diaryl/α,β-unsaturated/α-hetero) is 1. The third kappa shape index (κ3) is 5.37. The second kappa shape index (κ2) is 13.0. The predicted octanol–water partition coefficient (Wildman–Crippen LogP) is 4.48. The van der Waals surface area contributed by atoms with Gasteiger partial charge in [0.15, 0.2) is 6.10 Å². The van der Waals surface area contributed by atoms with Gasteiger partial charge in [-0.3, -0.25) is 9.59 Å². The molecular weight excluding hydrogens is 673 g/mol. The van der Waals surface area contributed by atoms with Gasteiger partial charge in [0.2, 0.25) is 0 Å². The number of rotatable bonds is 10. The highest BCUT2D eigenvalue weighted by Gasteiger charge is 2.83. The first kappa shape index (κ1) is 35.9. The van der Waals surface area contributed by atoms with Crippen molar-refractivity contribution < 1.29 is 43.2 Å². The Kier molecular flexibility index (Phi) is 9.15. The van der Waals surface area contributed by atoms with Gasteiger partial charge in [0, 0.05) is 37.4 Å². The Balaban J connectivity index is 0.942. The molecule has 3 saturated heterocycles. The summed E-state index contributed by atoms with van der Waals surface area (Å²) in [5, 5.41) is 16.1. The molecule has 0 aromatic carbocycles. The van der Waals surface area contributed by atoms with E-state index in [-0.39, 0.29) is 78.3 Å². The lowest BCUT2D eigenvalue weighted by atomic mass is 9.43. The molecule has 282 valence electrons. The summed E-state index contributed by atoms with van der Waals surface area (Å²) in [6, 6.07) is 0.261. The van der Waals surface area contributed by atoms with Gasteiger partial charge in [-0.05, 0) is 93.8 Å². The Bertz CT molecular complexity index is 1500. The molecule has 7 fully saturated rings. The van der Waals surface area contributed by atoms with Crippen molar-refractivity contribution in [3.05, 3.63) is 11.1 Å². The number of hydrogen-bond acceptors (Lipinski definition) is 10. The maximum atomic E-state index is 14.3. The number of fused-ring (bicyclic) bond motifs is 5. The number of amides is 2. The zero-order chi connectivity index (χ0) is 36.0. The van der Waals surface area contributed by atoms with Gasteiger partial charge in [0.25, 0.3) is 0 Å². The van der Waals surface area contributed by atoms with Crippen molar-refractivity contribution in [2.24, 2.45) is 40.4 Å². The Morgan fingerprint density at radius 1 is 1.10 bits per heavy atom. The lowest BCUT2D eigenvalue weighted by Crippen LogP contribution is -2.69. The van der Waals surface area contributed by atoms with E-state index >= 15 is 0 Å². The van der Waals surface area contributed by atoms with Gasteiger partial charge >= 0.3 is 18.0 Å². The molecule has 1 spiro atoms. The molecule has 0 radical (unpaired) electrons. The molecule has 15 atom stereocenters. The van der Waals surface area contributed by atoms with Crippen LogP contribution < -0.4 is 10.6 Å². The molecule has 4 saturated carbocycles. The lowest BCUT2D eigenvalue weighted by molar-refractivity contribution is -0.199. The Morgan fingerprint density at radius 2 is 1.90 bits per heavy atom. The summed E-state index contributed by atoms with van der Waals surface area (Å²) in [4.78, 5) is 52.3. The number of epoxide rings is 1. The number of cyclic esters (lactones) is 1. The van der Waals surface area contributed by atoms with E-state index in [1.54, 1.807) is 7.11 Å². The number of nitrogens with one attached hydrogen (secondary N) is 2. The predicted molar refractivity (Wildman–Crippen MR) is 189 cm³/mol. The second-order valence-corrected chi connectivity index (χ2v) is 18.8. The average molecular weight is 729 g/mol. The quantitative estimate of drug-likeness (QED) is 0.127. The summed E-state index contributed by atoms with van der Waals surface area (Å²) in [5.41, 5.74) is -0.235. The molecule has 4 aliphatic heterocycles. The summed E-state index contributed by atoms with van der Waals surface area (Å²) in [5.74, 6) is 1.91. The molecule has 11 nitrogen and oxygen atoms in total. The topological polar surface area (TPSA) is 153 Å².